The third-order valence-corrected chi connectivity index (χ3v) is 9.35. The van der Waals surface area contributed by atoms with Gasteiger partial charge in [-0.1, -0.05) is 53.0 Å². The van der Waals surface area contributed by atoms with Crippen molar-refractivity contribution in [3.8, 4) is 0 Å². The Labute approximate surface area is 175 Å². The SMILES string of the molecule is CC[P+](c1cccc(Cl)c1)(c1cccc(Cl)c1)c1cccc(Cl)c1.[Br-]. The van der Waals surface area contributed by atoms with Crippen molar-refractivity contribution in [3.05, 3.63) is 87.9 Å². The Bertz CT molecular complexity index is 756. The van der Waals surface area contributed by atoms with Gasteiger partial charge in [-0.15, -0.1) is 0 Å². The van der Waals surface area contributed by atoms with Gasteiger partial charge >= 0.3 is 0 Å². The summed E-state index contributed by atoms with van der Waals surface area (Å²) in [6, 6.07) is 24.4. The Morgan fingerprint density at radius 3 is 1.20 bits per heavy atom. The first-order chi connectivity index (χ1) is 11.6. The van der Waals surface area contributed by atoms with Gasteiger partial charge in [0.15, 0.2) is 0 Å². The summed E-state index contributed by atoms with van der Waals surface area (Å²) in [5.41, 5.74) is 0. The fourth-order valence-electron chi connectivity index (χ4n) is 3.14. The molecule has 0 fully saturated rings. The molecule has 0 heterocycles. The molecule has 0 aliphatic rings. The Kier molecular flexibility index (Phi) is 7.38. The molecule has 0 amide bonds. The monoisotopic (exact) mass is 472 g/mol. The topological polar surface area (TPSA) is 0 Å². The molecule has 5 heteroatoms. The lowest BCUT2D eigenvalue weighted by atomic mass is 10.3. The predicted molar refractivity (Wildman–Crippen MR) is 111 cm³/mol. The van der Waals surface area contributed by atoms with Gasteiger partial charge in [-0.2, -0.15) is 0 Å². The highest BCUT2D eigenvalue weighted by Crippen LogP contribution is 2.55. The highest BCUT2D eigenvalue weighted by Gasteiger charge is 2.44. The maximum absolute atomic E-state index is 6.31. The van der Waals surface area contributed by atoms with Gasteiger partial charge in [0.25, 0.3) is 0 Å². The Balaban J connectivity index is 0.00000225. The van der Waals surface area contributed by atoms with E-state index in [-0.39, 0.29) is 17.0 Å². The van der Waals surface area contributed by atoms with E-state index < -0.39 is 7.26 Å². The van der Waals surface area contributed by atoms with Crippen molar-refractivity contribution in [1.82, 2.24) is 0 Å². The normalized spacial score (nSPS) is 11.0. The van der Waals surface area contributed by atoms with Crippen LogP contribution in [0.5, 0.6) is 0 Å². The lowest BCUT2D eigenvalue weighted by Gasteiger charge is -2.26. The zero-order chi connectivity index (χ0) is 17.2. The van der Waals surface area contributed by atoms with Gasteiger partial charge < -0.3 is 17.0 Å². The predicted octanol–water partition coefficient (Wildman–Crippen LogP) is 2.96. The van der Waals surface area contributed by atoms with E-state index >= 15 is 0 Å². The van der Waals surface area contributed by atoms with Crippen LogP contribution in [0, 0.1) is 0 Å². The van der Waals surface area contributed by atoms with Gasteiger partial charge in [-0.3, -0.25) is 0 Å². The van der Waals surface area contributed by atoms with Crippen molar-refractivity contribution in [2.45, 2.75) is 6.92 Å². The Morgan fingerprint density at radius 2 is 0.960 bits per heavy atom. The van der Waals surface area contributed by atoms with E-state index in [0.29, 0.717) is 0 Å². The molecule has 3 aromatic carbocycles. The molecule has 0 N–H and O–H groups in total. The molecule has 0 aromatic heterocycles. The highest BCUT2D eigenvalue weighted by molar-refractivity contribution is 7.95. The minimum Gasteiger partial charge on any atom is -1.00 e. The molecule has 0 bridgehead atoms. The van der Waals surface area contributed by atoms with Crippen molar-refractivity contribution in [2.75, 3.05) is 6.16 Å². The van der Waals surface area contributed by atoms with Gasteiger partial charge in [-0.25, -0.2) is 0 Å². The standard InChI is InChI=1S/C20H17Cl3P.BrH/c1-2-24(18-9-3-6-15(21)12-18,19-10-4-7-16(22)13-19)20-11-5-8-17(23)14-20;/h3-14H,2H2,1H3;1H/q+1;/p-1. The zero-order valence-corrected chi connectivity index (χ0v) is 18.3. The van der Waals surface area contributed by atoms with Crippen LogP contribution >= 0.6 is 42.1 Å². The van der Waals surface area contributed by atoms with Crippen molar-refractivity contribution < 1.29 is 17.0 Å². The molecule has 130 valence electrons. The van der Waals surface area contributed by atoms with E-state index in [9.17, 15) is 0 Å². The molecule has 0 nitrogen and oxygen atoms in total. The van der Waals surface area contributed by atoms with Gasteiger partial charge in [-0.05, 0) is 61.5 Å². The van der Waals surface area contributed by atoms with Gasteiger partial charge in [0, 0.05) is 15.1 Å². The number of hydrogen-bond acceptors (Lipinski definition) is 0. The van der Waals surface area contributed by atoms with Crippen molar-refractivity contribution in [3.63, 3.8) is 0 Å². The molecular weight excluding hydrogens is 457 g/mol. The van der Waals surface area contributed by atoms with Crippen LogP contribution < -0.4 is 32.9 Å². The summed E-state index contributed by atoms with van der Waals surface area (Å²) in [5.74, 6) is 0. The van der Waals surface area contributed by atoms with E-state index in [4.69, 9.17) is 34.8 Å². The summed E-state index contributed by atoms with van der Waals surface area (Å²) in [5, 5.41) is 5.95. The first-order valence-electron chi connectivity index (χ1n) is 7.73. The van der Waals surface area contributed by atoms with E-state index in [0.717, 1.165) is 21.2 Å². The molecular formula is C20H17BrCl3P. The molecule has 0 aliphatic heterocycles. The molecule has 0 spiro atoms. The first-order valence-corrected chi connectivity index (χ1v) is 10.8. The van der Waals surface area contributed by atoms with E-state index in [1.165, 1.54) is 15.9 Å². The minimum absolute atomic E-state index is 0. The fraction of sp³-hybridized carbons (Fsp3) is 0.100. The van der Waals surface area contributed by atoms with Gasteiger partial charge in [0.2, 0.25) is 0 Å². The second kappa shape index (κ2) is 8.89. The van der Waals surface area contributed by atoms with E-state index in [1.54, 1.807) is 0 Å². The second-order valence-electron chi connectivity index (χ2n) is 5.57. The molecule has 3 aromatic rings. The summed E-state index contributed by atoms with van der Waals surface area (Å²) in [6.45, 7) is 2.22. The number of hydrogen-bond donors (Lipinski definition) is 0. The summed E-state index contributed by atoms with van der Waals surface area (Å²) < 4.78 is 0. The Hall–Kier alpha value is -0.560. The maximum Gasteiger partial charge on any atom is 0.112 e. The molecule has 0 radical (unpaired) electrons. The maximum atomic E-state index is 6.31. The number of rotatable bonds is 4. The molecule has 3 rings (SSSR count). The molecule has 0 unspecified atom stereocenters. The summed E-state index contributed by atoms with van der Waals surface area (Å²) in [4.78, 5) is 0. The summed E-state index contributed by atoms with van der Waals surface area (Å²) >= 11 is 18.9. The van der Waals surface area contributed by atoms with Crippen LogP contribution in [0.2, 0.25) is 15.1 Å². The van der Waals surface area contributed by atoms with Crippen LogP contribution in [0.1, 0.15) is 6.92 Å². The van der Waals surface area contributed by atoms with Crippen molar-refractivity contribution >= 4 is 58.0 Å². The van der Waals surface area contributed by atoms with Gasteiger partial charge in [0.1, 0.15) is 23.2 Å². The molecule has 0 saturated heterocycles. The van der Waals surface area contributed by atoms with Crippen molar-refractivity contribution in [1.29, 1.82) is 0 Å². The summed E-state index contributed by atoms with van der Waals surface area (Å²) in [6.07, 6.45) is 0.966. The first kappa shape index (κ1) is 20.7. The molecule has 0 aliphatic carbocycles. The highest BCUT2D eigenvalue weighted by atomic mass is 79.9. The minimum atomic E-state index is -1.87. The van der Waals surface area contributed by atoms with Crippen LogP contribution in [0.25, 0.3) is 0 Å². The second-order valence-corrected chi connectivity index (χ2v) is 10.7. The Morgan fingerprint density at radius 1 is 0.640 bits per heavy atom. The van der Waals surface area contributed by atoms with Crippen LogP contribution in [0.15, 0.2) is 72.8 Å². The van der Waals surface area contributed by atoms with Gasteiger partial charge in [0.05, 0.1) is 6.16 Å². The van der Waals surface area contributed by atoms with E-state index in [1.807, 2.05) is 36.4 Å². The molecule has 0 atom stereocenters. The quantitative estimate of drug-likeness (QED) is 0.510. The largest absolute Gasteiger partial charge is 1.00 e. The van der Waals surface area contributed by atoms with Crippen LogP contribution in [0.3, 0.4) is 0 Å². The van der Waals surface area contributed by atoms with Crippen molar-refractivity contribution in [2.24, 2.45) is 0 Å². The van der Waals surface area contributed by atoms with Crippen LogP contribution in [0.4, 0.5) is 0 Å². The average molecular weight is 475 g/mol. The lowest BCUT2D eigenvalue weighted by molar-refractivity contribution is -0.00000443. The lowest BCUT2D eigenvalue weighted by Crippen LogP contribution is -3.00. The zero-order valence-electron chi connectivity index (χ0n) is 13.6. The summed E-state index contributed by atoms with van der Waals surface area (Å²) in [7, 11) is -1.87. The third-order valence-electron chi connectivity index (χ3n) is 4.22. The van der Waals surface area contributed by atoms with Crippen LogP contribution in [-0.2, 0) is 0 Å². The average Bonchev–Trinajstić information content (AvgIpc) is 2.56. The number of benzene rings is 3. The van der Waals surface area contributed by atoms with Crippen LogP contribution in [-0.4, -0.2) is 6.16 Å². The van der Waals surface area contributed by atoms with E-state index in [2.05, 4.69) is 43.3 Å². The molecule has 25 heavy (non-hydrogen) atoms. The third kappa shape index (κ3) is 4.24. The molecule has 0 saturated carbocycles. The number of halogens is 4. The fourth-order valence-corrected chi connectivity index (χ4v) is 8.02. The smallest absolute Gasteiger partial charge is 0.112 e.